The minimum Gasteiger partial charge on any atom is -0.372 e. The lowest BCUT2D eigenvalue weighted by molar-refractivity contribution is 0.0643. The quantitative estimate of drug-likeness (QED) is 0.860. The van der Waals surface area contributed by atoms with Crippen molar-refractivity contribution in [1.29, 1.82) is 0 Å². The predicted molar refractivity (Wildman–Crippen MR) is 86.8 cm³/mol. The van der Waals surface area contributed by atoms with E-state index in [-0.39, 0.29) is 12.1 Å². The molecule has 0 spiro atoms. The van der Waals surface area contributed by atoms with E-state index in [1.807, 2.05) is 44.2 Å². The third-order valence-electron chi connectivity index (χ3n) is 3.26. The van der Waals surface area contributed by atoms with Crippen LogP contribution in [-0.2, 0) is 4.74 Å². The number of amides is 2. The fourth-order valence-corrected chi connectivity index (χ4v) is 2.11. The van der Waals surface area contributed by atoms with Gasteiger partial charge in [0.1, 0.15) is 0 Å². The van der Waals surface area contributed by atoms with Crippen LogP contribution < -0.4 is 10.6 Å². The third-order valence-corrected chi connectivity index (χ3v) is 3.26. The molecule has 0 aliphatic heterocycles. The van der Waals surface area contributed by atoms with Gasteiger partial charge < -0.3 is 15.4 Å². The van der Waals surface area contributed by atoms with Crippen molar-refractivity contribution >= 4 is 11.7 Å². The number of aryl methyl sites for hydroxylation is 1. The van der Waals surface area contributed by atoms with E-state index in [0.717, 1.165) is 16.8 Å². The number of nitrogens with zero attached hydrogens (tertiary/aromatic N) is 1. The van der Waals surface area contributed by atoms with Crippen LogP contribution >= 0.6 is 0 Å². The molecule has 0 fully saturated rings. The molecule has 2 amide bonds. The van der Waals surface area contributed by atoms with Crippen molar-refractivity contribution in [3.8, 4) is 0 Å². The Labute approximate surface area is 130 Å². The van der Waals surface area contributed by atoms with Crippen molar-refractivity contribution in [2.24, 2.45) is 0 Å². The fourth-order valence-electron chi connectivity index (χ4n) is 2.11. The first-order chi connectivity index (χ1) is 10.7. The van der Waals surface area contributed by atoms with Crippen molar-refractivity contribution in [2.45, 2.75) is 20.0 Å². The highest BCUT2D eigenvalue weighted by Crippen LogP contribution is 2.16. The van der Waals surface area contributed by atoms with Crippen molar-refractivity contribution in [3.63, 3.8) is 0 Å². The van der Waals surface area contributed by atoms with Gasteiger partial charge in [-0.1, -0.05) is 30.3 Å². The molecule has 2 aromatic rings. The monoisotopic (exact) mass is 299 g/mol. The van der Waals surface area contributed by atoms with E-state index in [2.05, 4.69) is 15.6 Å². The maximum absolute atomic E-state index is 12.0. The Balaban J connectivity index is 1.92. The molecule has 0 saturated carbocycles. The highest BCUT2D eigenvalue weighted by molar-refractivity contribution is 5.89. The second kappa shape index (κ2) is 8.14. The van der Waals surface area contributed by atoms with Crippen LogP contribution in [0.5, 0.6) is 0 Å². The summed E-state index contributed by atoms with van der Waals surface area (Å²) in [6.07, 6.45) is 3.20. The molecule has 116 valence electrons. The number of carbonyl (C=O) groups is 1. The first-order valence-electron chi connectivity index (χ1n) is 7.32. The molecule has 0 aliphatic rings. The zero-order chi connectivity index (χ0) is 15.8. The Morgan fingerprint density at radius 3 is 2.73 bits per heavy atom. The van der Waals surface area contributed by atoms with Gasteiger partial charge in [-0.15, -0.1) is 0 Å². The molecular formula is C17H21N3O2. The molecule has 1 aromatic carbocycles. The van der Waals surface area contributed by atoms with E-state index < -0.39 is 0 Å². The molecule has 1 unspecified atom stereocenters. The number of anilines is 1. The predicted octanol–water partition coefficient (Wildman–Crippen LogP) is 3.29. The second-order valence-electron chi connectivity index (χ2n) is 4.88. The lowest BCUT2D eigenvalue weighted by Crippen LogP contribution is -2.33. The van der Waals surface area contributed by atoms with E-state index in [1.165, 1.54) is 0 Å². The van der Waals surface area contributed by atoms with Crippen LogP contribution in [0.1, 0.15) is 24.2 Å². The molecule has 22 heavy (non-hydrogen) atoms. The van der Waals surface area contributed by atoms with Crippen molar-refractivity contribution in [1.82, 2.24) is 10.3 Å². The first-order valence-corrected chi connectivity index (χ1v) is 7.32. The molecule has 0 bridgehead atoms. The highest BCUT2D eigenvalue weighted by Gasteiger charge is 2.13. The number of nitrogens with one attached hydrogen (secondary N) is 2. The van der Waals surface area contributed by atoms with Gasteiger partial charge in [0.05, 0.1) is 6.10 Å². The maximum atomic E-state index is 12.0. The Hall–Kier alpha value is -2.40. The number of benzene rings is 1. The number of aromatic nitrogens is 1. The van der Waals surface area contributed by atoms with Gasteiger partial charge >= 0.3 is 6.03 Å². The van der Waals surface area contributed by atoms with Crippen LogP contribution in [0.25, 0.3) is 0 Å². The van der Waals surface area contributed by atoms with Crippen molar-refractivity contribution in [3.05, 3.63) is 59.9 Å². The van der Waals surface area contributed by atoms with Gasteiger partial charge in [0.2, 0.25) is 0 Å². The van der Waals surface area contributed by atoms with Crippen LogP contribution in [0.15, 0.2) is 48.8 Å². The van der Waals surface area contributed by atoms with E-state index in [0.29, 0.717) is 13.2 Å². The molecule has 1 atom stereocenters. The summed E-state index contributed by atoms with van der Waals surface area (Å²) in [5.74, 6) is 0. The number of pyridine rings is 1. The number of hydrogen-bond acceptors (Lipinski definition) is 3. The largest absolute Gasteiger partial charge is 0.372 e. The molecule has 1 heterocycles. The Kier molecular flexibility index (Phi) is 5.91. The molecule has 5 heteroatoms. The molecule has 1 aromatic heterocycles. The molecular weight excluding hydrogens is 278 g/mol. The summed E-state index contributed by atoms with van der Waals surface area (Å²) in [6.45, 7) is 4.84. The average Bonchev–Trinajstić information content (AvgIpc) is 2.54. The first kappa shape index (κ1) is 16.0. The van der Waals surface area contributed by atoms with E-state index in [9.17, 15) is 4.79 Å². The lowest BCUT2D eigenvalue weighted by atomic mass is 10.1. The Morgan fingerprint density at radius 1 is 1.27 bits per heavy atom. The summed E-state index contributed by atoms with van der Waals surface area (Å²) in [7, 11) is 0. The topological polar surface area (TPSA) is 63.2 Å². The maximum Gasteiger partial charge on any atom is 0.319 e. The smallest absolute Gasteiger partial charge is 0.319 e. The number of ether oxygens (including phenoxy) is 1. The van der Waals surface area contributed by atoms with Gasteiger partial charge in [-0.05, 0) is 31.0 Å². The number of carbonyl (C=O) groups excluding carboxylic acids is 1. The average molecular weight is 299 g/mol. The van der Waals surface area contributed by atoms with Crippen LogP contribution in [0.4, 0.5) is 10.5 Å². The van der Waals surface area contributed by atoms with Crippen molar-refractivity contribution in [2.75, 3.05) is 18.5 Å². The highest BCUT2D eigenvalue weighted by atomic mass is 16.5. The van der Waals surface area contributed by atoms with Crippen LogP contribution in [0.3, 0.4) is 0 Å². The summed E-state index contributed by atoms with van der Waals surface area (Å²) < 4.78 is 5.70. The second-order valence-corrected chi connectivity index (χ2v) is 4.88. The van der Waals surface area contributed by atoms with Gasteiger partial charge in [-0.2, -0.15) is 0 Å². The standard InChI is InChI=1S/C17H21N3O2/c1-3-22-16(14-7-5-4-6-8-14)12-19-17(21)20-15-9-10-18-11-13(15)2/h4-11,16H,3,12H2,1-2H3,(H2,18,19,20,21). The fraction of sp³-hybridized carbons (Fsp3) is 0.294. The Morgan fingerprint density at radius 2 is 2.05 bits per heavy atom. The van der Waals surface area contributed by atoms with Gasteiger partial charge in [0.15, 0.2) is 0 Å². The molecule has 0 aliphatic carbocycles. The summed E-state index contributed by atoms with van der Waals surface area (Å²) in [5.41, 5.74) is 2.71. The summed E-state index contributed by atoms with van der Waals surface area (Å²) >= 11 is 0. The minimum absolute atomic E-state index is 0.157. The van der Waals surface area contributed by atoms with Crippen LogP contribution in [0.2, 0.25) is 0 Å². The van der Waals surface area contributed by atoms with Gasteiger partial charge in [-0.25, -0.2) is 4.79 Å². The molecule has 0 radical (unpaired) electrons. The van der Waals surface area contributed by atoms with Crippen LogP contribution in [0, 0.1) is 6.92 Å². The van der Waals surface area contributed by atoms with Crippen LogP contribution in [-0.4, -0.2) is 24.2 Å². The van der Waals surface area contributed by atoms with Gasteiger partial charge in [0, 0.05) is 31.2 Å². The van der Waals surface area contributed by atoms with E-state index in [4.69, 9.17) is 4.74 Å². The number of rotatable bonds is 6. The zero-order valence-corrected chi connectivity index (χ0v) is 12.9. The lowest BCUT2D eigenvalue weighted by Gasteiger charge is -2.18. The summed E-state index contributed by atoms with van der Waals surface area (Å²) in [4.78, 5) is 16.0. The Bertz CT molecular complexity index is 602. The number of hydrogen-bond donors (Lipinski definition) is 2. The zero-order valence-electron chi connectivity index (χ0n) is 12.9. The minimum atomic E-state index is -0.255. The molecule has 2 rings (SSSR count). The summed E-state index contributed by atoms with van der Waals surface area (Å²) in [6, 6.07) is 11.4. The van der Waals surface area contributed by atoms with Gasteiger partial charge in [0.25, 0.3) is 0 Å². The molecule has 2 N–H and O–H groups in total. The normalized spacial score (nSPS) is 11.7. The SMILES string of the molecule is CCOC(CNC(=O)Nc1ccncc1C)c1ccccc1. The van der Waals surface area contributed by atoms with Crippen molar-refractivity contribution < 1.29 is 9.53 Å². The molecule has 0 saturated heterocycles. The summed E-state index contributed by atoms with van der Waals surface area (Å²) in [5, 5.41) is 5.66. The van der Waals surface area contributed by atoms with Gasteiger partial charge in [-0.3, -0.25) is 4.98 Å². The number of urea groups is 1. The van der Waals surface area contributed by atoms with E-state index in [1.54, 1.807) is 18.5 Å². The third kappa shape index (κ3) is 4.56. The van der Waals surface area contributed by atoms with E-state index >= 15 is 0 Å². The molecule has 5 nitrogen and oxygen atoms in total.